The Hall–Kier alpha value is -3.42. The van der Waals surface area contributed by atoms with E-state index in [1.165, 1.54) is 25.3 Å². The molecular weight excluding hydrogens is 406 g/mol. The molecule has 2 aromatic rings. The number of hydrogen-bond acceptors (Lipinski definition) is 4. The fourth-order valence-corrected chi connectivity index (χ4v) is 3.39. The molecule has 8 heteroatoms. The van der Waals surface area contributed by atoms with Crippen molar-refractivity contribution in [2.75, 3.05) is 25.5 Å². The molecule has 2 amide bonds. The zero-order chi connectivity index (χ0) is 22.2. The van der Waals surface area contributed by atoms with E-state index in [1.54, 1.807) is 17.0 Å². The van der Waals surface area contributed by atoms with Gasteiger partial charge in [0.1, 0.15) is 0 Å². The van der Waals surface area contributed by atoms with E-state index < -0.39 is 6.61 Å². The van der Waals surface area contributed by atoms with E-state index in [0.717, 1.165) is 5.56 Å². The van der Waals surface area contributed by atoms with Crippen molar-refractivity contribution in [3.05, 3.63) is 60.2 Å². The maximum absolute atomic E-state index is 12.6. The summed E-state index contributed by atoms with van der Waals surface area (Å²) >= 11 is 0. The molecule has 0 bridgehead atoms. The number of hydrogen-bond donors (Lipinski definition) is 1. The Morgan fingerprint density at radius 2 is 1.81 bits per heavy atom. The molecule has 2 aromatic carbocycles. The van der Waals surface area contributed by atoms with Gasteiger partial charge in [-0.1, -0.05) is 30.3 Å². The van der Waals surface area contributed by atoms with E-state index in [0.29, 0.717) is 31.6 Å². The molecule has 1 saturated heterocycles. The number of carbonyl (C=O) groups is 2. The number of nitrogens with one attached hydrogen (secondary N) is 1. The summed E-state index contributed by atoms with van der Waals surface area (Å²) in [6.45, 7) is -2.06. The van der Waals surface area contributed by atoms with Crippen molar-refractivity contribution in [2.45, 2.75) is 19.5 Å². The van der Waals surface area contributed by atoms with Crippen LogP contribution < -0.4 is 14.8 Å². The molecule has 0 unspecified atom stereocenters. The molecule has 31 heavy (non-hydrogen) atoms. The summed E-state index contributed by atoms with van der Waals surface area (Å²) in [6.07, 6.45) is 4.35. The molecule has 0 atom stereocenters. The normalized spacial score (nSPS) is 14.6. The second-order valence-corrected chi connectivity index (χ2v) is 7.08. The van der Waals surface area contributed by atoms with Crippen LogP contribution in [0.3, 0.4) is 0 Å². The van der Waals surface area contributed by atoms with Gasteiger partial charge in [-0.15, -0.1) is 0 Å². The first kappa shape index (κ1) is 22.3. The Balaban J connectivity index is 1.53. The van der Waals surface area contributed by atoms with Crippen LogP contribution in [0.25, 0.3) is 6.08 Å². The van der Waals surface area contributed by atoms with Crippen LogP contribution >= 0.6 is 0 Å². The van der Waals surface area contributed by atoms with Crippen molar-refractivity contribution in [2.24, 2.45) is 5.92 Å². The first-order valence-electron chi connectivity index (χ1n) is 9.92. The topological polar surface area (TPSA) is 67.9 Å². The van der Waals surface area contributed by atoms with Gasteiger partial charge >= 0.3 is 6.61 Å². The summed E-state index contributed by atoms with van der Waals surface area (Å²) < 4.78 is 34.6. The van der Waals surface area contributed by atoms with Crippen LogP contribution in [-0.4, -0.2) is 43.5 Å². The highest BCUT2D eigenvalue weighted by Crippen LogP contribution is 2.32. The van der Waals surface area contributed by atoms with Crippen LogP contribution in [0.2, 0.25) is 0 Å². The minimum atomic E-state index is -3.00. The zero-order valence-corrected chi connectivity index (χ0v) is 17.1. The van der Waals surface area contributed by atoms with Crippen molar-refractivity contribution >= 4 is 23.6 Å². The smallest absolute Gasteiger partial charge is 0.387 e. The second kappa shape index (κ2) is 10.6. The number of benzene rings is 2. The molecule has 1 fully saturated rings. The van der Waals surface area contributed by atoms with Crippen molar-refractivity contribution < 1.29 is 27.8 Å². The lowest BCUT2D eigenvalue weighted by Crippen LogP contribution is -2.40. The zero-order valence-electron chi connectivity index (χ0n) is 17.1. The lowest BCUT2D eigenvalue weighted by atomic mass is 9.95. The van der Waals surface area contributed by atoms with E-state index >= 15 is 0 Å². The SMILES string of the molecule is COc1ccc(NC(=O)C2CCN(C(=O)/C=C/c3ccccc3)CC2)cc1OC(F)F. The van der Waals surface area contributed by atoms with Gasteiger partial charge in [-0.3, -0.25) is 9.59 Å². The first-order chi connectivity index (χ1) is 15.0. The molecule has 0 radical (unpaired) electrons. The number of ether oxygens (including phenoxy) is 2. The van der Waals surface area contributed by atoms with E-state index in [-0.39, 0.29) is 29.2 Å². The molecule has 1 N–H and O–H groups in total. The molecule has 0 aromatic heterocycles. The van der Waals surface area contributed by atoms with Gasteiger partial charge in [0, 0.05) is 36.8 Å². The largest absolute Gasteiger partial charge is 0.493 e. The number of likely N-dealkylation sites (tertiary alicyclic amines) is 1. The van der Waals surface area contributed by atoms with E-state index in [2.05, 4.69) is 10.1 Å². The molecule has 0 saturated carbocycles. The Labute approximate surface area is 179 Å². The number of piperidine rings is 1. The summed E-state index contributed by atoms with van der Waals surface area (Å²) in [4.78, 5) is 26.7. The second-order valence-electron chi connectivity index (χ2n) is 7.08. The van der Waals surface area contributed by atoms with Crippen molar-refractivity contribution in [3.8, 4) is 11.5 Å². The highest BCUT2D eigenvalue weighted by molar-refractivity contribution is 5.94. The molecule has 3 rings (SSSR count). The summed E-state index contributed by atoms with van der Waals surface area (Å²) in [5, 5.41) is 2.73. The fraction of sp³-hybridized carbons (Fsp3) is 0.304. The molecule has 6 nitrogen and oxygen atoms in total. The highest BCUT2D eigenvalue weighted by atomic mass is 19.3. The van der Waals surface area contributed by atoms with Gasteiger partial charge < -0.3 is 19.7 Å². The number of carbonyl (C=O) groups excluding carboxylic acids is 2. The van der Waals surface area contributed by atoms with Crippen LogP contribution in [0.1, 0.15) is 18.4 Å². The summed E-state index contributed by atoms with van der Waals surface area (Å²) in [6, 6.07) is 13.9. The quantitative estimate of drug-likeness (QED) is 0.669. The molecule has 0 aliphatic carbocycles. The van der Waals surface area contributed by atoms with Crippen molar-refractivity contribution in [1.29, 1.82) is 0 Å². The number of anilines is 1. The minimum absolute atomic E-state index is 0.0911. The third-order valence-corrected chi connectivity index (χ3v) is 5.04. The van der Waals surface area contributed by atoms with Gasteiger partial charge in [-0.2, -0.15) is 8.78 Å². The predicted octanol–water partition coefficient (Wildman–Crippen LogP) is 4.19. The molecule has 1 heterocycles. The van der Waals surface area contributed by atoms with Gasteiger partial charge in [0.25, 0.3) is 0 Å². The maximum Gasteiger partial charge on any atom is 0.387 e. The number of nitrogens with zero attached hydrogens (tertiary/aromatic N) is 1. The highest BCUT2D eigenvalue weighted by Gasteiger charge is 2.27. The molecule has 1 aliphatic rings. The number of methoxy groups -OCH3 is 1. The maximum atomic E-state index is 12.6. The van der Waals surface area contributed by atoms with E-state index in [4.69, 9.17) is 4.74 Å². The third-order valence-electron chi connectivity index (χ3n) is 5.04. The Morgan fingerprint density at radius 1 is 1.10 bits per heavy atom. The van der Waals surface area contributed by atoms with Crippen LogP contribution in [-0.2, 0) is 9.59 Å². The van der Waals surface area contributed by atoms with E-state index in [1.807, 2.05) is 30.3 Å². The molecule has 164 valence electrons. The fourth-order valence-electron chi connectivity index (χ4n) is 3.39. The van der Waals surface area contributed by atoms with Gasteiger partial charge in [0.2, 0.25) is 11.8 Å². The first-order valence-corrected chi connectivity index (χ1v) is 9.92. The lowest BCUT2D eigenvalue weighted by molar-refractivity contribution is -0.130. The summed E-state index contributed by atoms with van der Waals surface area (Å²) in [7, 11) is 1.34. The minimum Gasteiger partial charge on any atom is -0.493 e. The number of rotatable bonds is 7. The Kier molecular flexibility index (Phi) is 7.59. The predicted molar refractivity (Wildman–Crippen MR) is 113 cm³/mol. The van der Waals surface area contributed by atoms with Gasteiger partial charge in [0.15, 0.2) is 11.5 Å². The average molecular weight is 430 g/mol. The van der Waals surface area contributed by atoms with E-state index in [9.17, 15) is 18.4 Å². The Morgan fingerprint density at radius 3 is 2.45 bits per heavy atom. The van der Waals surface area contributed by atoms with Crippen molar-refractivity contribution in [1.82, 2.24) is 4.90 Å². The molecule has 0 spiro atoms. The van der Waals surface area contributed by atoms with Gasteiger partial charge in [-0.05, 0) is 36.6 Å². The number of alkyl halides is 2. The van der Waals surface area contributed by atoms with Crippen molar-refractivity contribution in [3.63, 3.8) is 0 Å². The number of halogens is 2. The molecule has 1 aliphatic heterocycles. The van der Waals surface area contributed by atoms with Crippen LogP contribution in [0.15, 0.2) is 54.6 Å². The third kappa shape index (κ3) is 6.28. The standard InChI is InChI=1S/C23H24F2N2O4/c1-30-19-9-8-18(15-20(19)31-23(24)25)26-22(29)17-11-13-27(14-12-17)21(28)10-7-16-5-3-2-4-6-16/h2-10,15,17,23H,11-14H2,1H3,(H,26,29)/b10-7+. The van der Waals surface area contributed by atoms with Gasteiger partial charge in [0.05, 0.1) is 7.11 Å². The Bertz CT molecular complexity index is 926. The monoisotopic (exact) mass is 430 g/mol. The van der Waals surface area contributed by atoms with Crippen LogP contribution in [0, 0.1) is 5.92 Å². The summed E-state index contributed by atoms with van der Waals surface area (Å²) in [5.41, 5.74) is 1.28. The lowest BCUT2D eigenvalue weighted by Gasteiger charge is -2.30. The van der Waals surface area contributed by atoms with Crippen LogP contribution in [0.4, 0.5) is 14.5 Å². The average Bonchev–Trinajstić information content (AvgIpc) is 2.78. The molecular formula is C23H24F2N2O4. The number of amides is 2. The van der Waals surface area contributed by atoms with Crippen LogP contribution in [0.5, 0.6) is 11.5 Å². The summed E-state index contributed by atoms with van der Waals surface area (Å²) in [5.74, 6) is -0.593. The van der Waals surface area contributed by atoms with Gasteiger partial charge in [-0.25, -0.2) is 0 Å².